The maximum Gasteiger partial charge on any atom is 0.00353 e. The zero-order chi connectivity index (χ0) is 11.9. The summed E-state index contributed by atoms with van der Waals surface area (Å²) in [6.45, 7) is 11.2. The average molecular weight is 225 g/mol. The van der Waals surface area contributed by atoms with Crippen LogP contribution in [0.15, 0.2) is 0 Å². The lowest BCUT2D eigenvalue weighted by Gasteiger charge is -2.34. The summed E-state index contributed by atoms with van der Waals surface area (Å²) < 4.78 is 0. The molecule has 1 nitrogen and oxygen atoms in total. The molecule has 0 aromatic heterocycles. The van der Waals surface area contributed by atoms with E-state index in [2.05, 4.69) is 25.7 Å². The molecule has 0 radical (unpaired) electrons. The lowest BCUT2D eigenvalue weighted by molar-refractivity contribution is 0.159. The van der Waals surface area contributed by atoms with Crippen LogP contribution in [0.2, 0.25) is 0 Å². The lowest BCUT2D eigenvalue weighted by atomic mass is 9.79. The van der Waals surface area contributed by atoms with Gasteiger partial charge in [-0.2, -0.15) is 0 Å². The van der Waals surface area contributed by atoms with Crippen molar-refractivity contribution in [2.75, 3.05) is 19.6 Å². The first-order chi connectivity index (χ1) is 7.70. The second-order valence-corrected chi connectivity index (χ2v) is 6.00. The predicted molar refractivity (Wildman–Crippen MR) is 72.8 cm³/mol. The minimum atomic E-state index is 0.594. The van der Waals surface area contributed by atoms with Gasteiger partial charge in [-0.15, -0.1) is 0 Å². The van der Waals surface area contributed by atoms with Crippen LogP contribution >= 0.6 is 0 Å². The van der Waals surface area contributed by atoms with E-state index in [1.54, 1.807) is 0 Å². The van der Waals surface area contributed by atoms with Crippen LogP contribution in [0.25, 0.3) is 0 Å². The van der Waals surface area contributed by atoms with E-state index in [1.165, 1.54) is 71.0 Å². The number of likely N-dealkylation sites (tertiary alicyclic amines) is 1. The third kappa shape index (κ3) is 4.86. The molecule has 1 heterocycles. The van der Waals surface area contributed by atoms with Gasteiger partial charge >= 0.3 is 0 Å². The summed E-state index contributed by atoms with van der Waals surface area (Å²) in [4.78, 5) is 2.70. The molecule has 1 aliphatic rings. The molecule has 0 N–H and O–H groups in total. The fourth-order valence-electron chi connectivity index (χ4n) is 2.97. The van der Waals surface area contributed by atoms with Gasteiger partial charge in [0.25, 0.3) is 0 Å². The van der Waals surface area contributed by atoms with Crippen LogP contribution in [0.3, 0.4) is 0 Å². The van der Waals surface area contributed by atoms with Crippen LogP contribution in [0.1, 0.15) is 72.1 Å². The number of hydrogen-bond acceptors (Lipinski definition) is 1. The summed E-state index contributed by atoms with van der Waals surface area (Å²) >= 11 is 0. The Morgan fingerprint density at radius 3 is 1.88 bits per heavy atom. The van der Waals surface area contributed by atoms with Crippen LogP contribution in [-0.2, 0) is 0 Å². The highest BCUT2D eigenvalue weighted by atomic mass is 15.1. The van der Waals surface area contributed by atoms with Crippen molar-refractivity contribution in [3.63, 3.8) is 0 Å². The molecule has 1 heteroatoms. The molecule has 96 valence electrons. The highest BCUT2D eigenvalue weighted by molar-refractivity contribution is 4.80. The smallest absolute Gasteiger partial charge is 0.00353 e. The molecular weight excluding hydrogens is 194 g/mol. The molecule has 0 amide bonds. The van der Waals surface area contributed by atoms with Crippen molar-refractivity contribution in [1.82, 2.24) is 4.90 Å². The molecule has 0 bridgehead atoms. The van der Waals surface area contributed by atoms with Crippen molar-refractivity contribution in [3.05, 3.63) is 0 Å². The van der Waals surface area contributed by atoms with Crippen molar-refractivity contribution in [2.45, 2.75) is 72.1 Å². The van der Waals surface area contributed by atoms with E-state index in [-0.39, 0.29) is 0 Å². The van der Waals surface area contributed by atoms with Gasteiger partial charge in [0.2, 0.25) is 0 Å². The van der Waals surface area contributed by atoms with E-state index in [0.29, 0.717) is 5.41 Å². The molecule has 0 atom stereocenters. The number of unbranched alkanes of at least 4 members (excludes halogenated alkanes) is 2. The largest absolute Gasteiger partial charge is 0.303 e. The number of nitrogens with zero attached hydrogens (tertiary/aromatic N) is 1. The Morgan fingerprint density at radius 2 is 1.44 bits per heavy atom. The monoisotopic (exact) mass is 225 g/mol. The summed E-state index contributed by atoms with van der Waals surface area (Å²) in [7, 11) is 0. The summed E-state index contributed by atoms with van der Waals surface area (Å²) in [6.07, 6.45) is 11.2. The van der Waals surface area contributed by atoms with Crippen molar-refractivity contribution in [2.24, 2.45) is 5.41 Å². The quantitative estimate of drug-likeness (QED) is 0.589. The molecular formula is C15H31N. The SMILES string of the molecule is CCCCC(C)(CCCC)CN1CCCC1. The Balaban J connectivity index is 2.39. The van der Waals surface area contributed by atoms with Gasteiger partial charge in [0.1, 0.15) is 0 Å². The highest BCUT2D eigenvalue weighted by Gasteiger charge is 2.27. The van der Waals surface area contributed by atoms with E-state index in [1.807, 2.05) is 0 Å². The second kappa shape index (κ2) is 7.32. The van der Waals surface area contributed by atoms with Gasteiger partial charge in [0.05, 0.1) is 0 Å². The van der Waals surface area contributed by atoms with Gasteiger partial charge in [-0.05, 0) is 44.2 Å². The van der Waals surface area contributed by atoms with Crippen LogP contribution in [-0.4, -0.2) is 24.5 Å². The first kappa shape index (κ1) is 14.0. The van der Waals surface area contributed by atoms with Crippen molar-refractivity contribution >= 4 is 0 Å². The van der Waals surface area contributed by atoms with Gasteiger partial charge in [0.15, 0.2) is 0 Å². The highest BCUT2D eigenvalue weighted by Crippen LogP contribution is 2.32. The maximum atomic E-state index is 2.70. The third-order valence-corrected chi connectivity index (χ3v) is 4.07. The third-order valence-electron chi connectivity index (χ3n) is 4.07. The van der Waals surface area contributed by atoms with Crippen molar-refractivity contribution in [1.29, 1.82) is 0 Å². The van der Waals surface area contributed by atoms with Crippen molar-refractivity contribution < 1.29 is 0 Å². The van der Waals surface area contributed by atoms with Gasteiger partial charge in [-0.25, -0.2) is 0 Å². The lowest BCUT2D eigenvalue weighted by Crippen LogP contribution is -2.34. The Morgan fingerprint density at radius 1 is 0.938 bits per heavy atom. The first-order valence-electron chi connectivity index (χ1n) is 7.42. The molecule has 1 fully saturated rings. The molecule has 0 saturated carbocycles. The zero-order valence-corrected chi connectivity index (χ0v) is 11.7. The van der Waals surface area contributed by atoms with Gasteiger partial charge in [-0.1, -0.05) is 46.5 Å². The van der Waals surface area contributed by atoms with E-state index >= 15 is 0 Å². The normalized spacial score (nSPS) is 18.2. The molecule has 0 unspecified atom stereocenters. The molecule has 0 aromatic carbocycles. The van der Waals surface area contributed by atoms with E-state index in [4.69, 9.17) is 0 Å². The number of rotatable bonds is 8. The molecule has 1 rings (SSSR count). The first-order valence-corrected chi connectivity index (χ1v) is 7.42. The predicted octanol–water partition coefficient (Wildman–Crippen LogP) is 4.47. The van der Waals surface area contributed by atoms with E-state index in [0.717, 1.165) is 0 Å². The summed E-state index contributed by atoms with van der Waals surface area (Å²) in [5, 5.41) is 0. The fraction of sp³-hybridized carbons (Fsp3) is 1.00. The minimum absolute atomic E-state index is 0.594. The molecule has 1 aliphatic heterocycles. The van der Waals surface area contributed by atoms with E-state index in [9.17, 15) is 0 Å². The fourth-order valence-corrected chi connectivity index (χ4v) is 2.97. The minimum Gasteiger partial charge on any atom is -0.303 e. The Kier molecular flexibility index (Phi) is 6.41. The van der Waals surface area contributed by atoms with Gasteiger partial charge in [0, 0.05) is 6.54 Å². The summed E-state index contributed by atoms with van der Waals surface area (Å²) in [5.74, 6) is 0. The van der Waals surface area contributed by atoms with Crippen LogP contribution in [0, 0.1) is 5.41 Å². The molecule has 0 aliphatic carbocycles. The van der Waals surface area contributed by atoms with Crippen LogP contribution in [0.5, 0.6) is 0 Å². The van der Waals surface area contributed by atoms with Gasteiger partial charge in [-0.3, -0.25) is 0 Å². The maximum absolute atomic E-state index is 2.70. The van der Waals surface area contributed by atoms with Gasteiger partial charge < -0.3 is 4.90 Å². The zero-order valence-electron chi connectivity index (χ0n) is 11.7. The summed E-state index contributed by atoms with van der Waals surface area (Å²) in [5.41, 5.74) is 0.594. The van der Waals surface area contributed by atoms with Crippen LogP contribution < -0.4 is 0 Å². The van der Waals surface area contributed by atoms with E-state index < -0.39 is 0 Å². The molecule has 16 heavy (non-hydrogen) atoms. The average Bonchev–Trinajstić information content (AvgIpc) is 2.76. The Bertz CT molecular complexity index is 162. The summed E-state index contributed by atoms with van der Waals surface area (Å²) in [6, 6.07) is 0. The Labute approximate surface area is 103 Å². The van der Waals surface area contributed by atoms with Crippen LogP contribution in [0.4, 0.5) is 0 Å². The standard InChI is InChI=1S/C15H31N/c1-4-6-10-15(3,11-7-5-2)14-16-12-8-9-13-16/h4-14H2,1-3H3. The molecule has 0 aromatic rings. The molecule has 1 saturated heterocycles. The second-order valence-electron chi connectivity index (χ2n) is 6.00. The Hall–Kier alpha value is -0.0400. The number of hydrogen-bond donors (Lipinski definition) is 0. The topological polar surface area (TPSA) is 3.24 Å². The van der Waals surface area contributed by atoms with Crippen molar-refractivity contribution in [3.8, 4) is 0 Å². The molecule has 0 spiro atoms.